The third-order valence-electron chi connectivity index (χ3n) is 3.29. The summed E-state index contributed by atoms with van der Waals surface area (Å²) in [6.07, 6.45) is -0.977. The Balaban J connectivity index is 0. The third kappa shape index (κ3) is 18.3. The minimum absolute atomic E-state index is 0.0271. The predicted molar refractivity (Wildman–Crippen MR) is 107 cm³/mol. The molecule has 0 aromatic carbocycles. The highest BCUT2D eigenvalue weighted by Gasteiger charge is 2.21. The van der Waals surface area contributed by atoms with E-state index in [0.29, 0.717) is 0 Å². The van der Waals surface area contributed by atoms with Crippen molar-refractivity contribution in [1.29, 1.82) is 0 Å². The Labute approximate surface area is 184 Å². The fourth-order valence-electron chi connectivity index (χ4n) is 1.63. The topological polar surface area (TPSA) is 191 Å². The number of carbonyl (C=O) groups excluding carboxylic acids is 3. The van der Waals surface area contributed by atoms with Crippen molar-refractivity contribution in [2.75, 3.05) is 19.8 Å². The highest BCUT2D eigenvalue weighted by atomic mass is 16.6. The molecule has 0 aliphatic carbocycles. The maximum absolute atomic E-state index is 10.9. The van der Waals surface area contributed by atoms with Crippen LogP contribution in [0.1, 0.15) is 39.5 Å². The molecule has 0 aliphatic rings. The summed E-state index contributed by atoms with van der Waals surface area (Å²) in [5.74, 6) is -6.32. The second-order valence-electron chi connectivity index (χ2n) is 6.37. The first-order valence-electron chi connectivity index (χ1n) is 9.25. The van der Waals surface area contributed by atoms with Crippen molar-refractivity contribution in [3.05, 3.63) is 24.3 Å². The number of esters is 3. The van der Waals surface area contributed by atoms with Crippen LogP contribution in [-0.2, 0) is 43.0 Å². The lowest BCUT2D eigenvalue weighted by Gasteiger charge is -2.09. The largest absolute Gasteiger partial charge is 0.481 e. The third-order valence-corrected chi connectivity index (χ3v) is 3.29. The van der Waals surface area contributed by atoms with Crippen LogP contribution in [0.3, 0.4) is 0 Å². The summed E-state index contributed by atoms with van der Waals surface area (Å²) in [7, 11) is 0. The molecule has 0 amide bonds. The monoisotopic (exact) mass is 460 g/mol. The molecule has 3 N–H and O–H groups in total. The van der Waals surface area contributed by atoms with Gasteiger partial charge in [0.2, 0.25) is 0 Å². The molecular weight excluding hydrogens is 432 g/mol. The molecule has 0 heterocycles. The zero-order valence-electron chi connectivity index (χ0n) is 18.0. The van der Waals surface area contributed by atoms with Crippen molar-refractivity contribution >= 4 is 35.8 Å². The summed E-state index contributed by atoms with van der Waals surface area (Å²) in [5, 5.41) is 25.4. The second kappa shape index (κ2) is 17.0. The van der Waals surface area contributed by atoms with Crippen LogP contribution >= 0.6 is 0 Å². The lowest BCUT2D eigenvalue weighted by Crippen LogP contribution is -2.20. The van der Waals surface area contributed by atoms with Crippen molar-refractivity contribution in [3.63, 3.8) is 0 Å². The summed E-state index contributed by atoms with van der Waals surface area (Å²) in [6.45, 7) is 9.41. The molecule has 12 nitrogen and oxygen atoms in total. The van der Waals surface area contributed by atoms with E-state index in [4.69, 9.17) is 15.3 Å². The van der Waals surface area contributed by atoms with Crippen LogP contribution in [-0.4, -0.2) is 71.0 Å². The van der Waals surface area contributed by atoms with Gasteiger partial charge in [0.1, 0.15) is 13.2 Å². The van der Waals surface area contributed by atoms with E-state index in [1.807, 2.05) is 0 Å². The van der Waals surface area contributed by atoms with Gasteiger partial charge in [-0.05, 0) is 20.3 Å². The molecule has 12 heteroatoms. The molecule has 0 aromatic rings. The fraction of sp³-hybridized carbons (Fsp3) is 0.500. The van der Waals surface area contributed by atoms with E-state index in [1.165, 1.54) is 13.8 Å². The van der Waals surface area contributed by atoms with Crippen molar-refractivity contribution in [1.82, 2.24) is 0 Å². The van der Waals surface area contributed by atoms with Crippen molar-refractivity contribution < 1.29 is 58.3 Å². The van der Waals surface area contributed by atoms with E-state index in [9.17, 15) is 28.8 Å². The first-order valence-corrected chi connectivity index (χ1v) is 9.25. The van der Waals surface area contributed by atoms with Crippen molar-refractivity contribution in [2.45, 2.75) is 39.5 Å². The van der Waals surface area contributed by atoms with Gasteiger partial charge in [0.15, 0.2) is 0 Å². The van der Waals surface area contributed by atoms with Gasteiger partial charge in [-0.1, -0.05) is 13.2 Å². The molecular formula is C20H28O12. The lowest BCUT2D eigenvalue weighted by molar-refractivity contribution is -0.151. The Morgan fingerprint density at radius 3 is 1.59 bits per heavy atom. The Morgan fingerprint density at radius 2 is 1.19 bits per heavy atom. The lowest BCUT2D eigenvalue weighted by atomic mass is 10.0. The number of carboxylic acid groups (broad SMARTS) is 3. The van der Waals surface area contributed by atoms with Crippen LogP contribution in [0, 0.1) is 5.92 Å². The summed E-state index contributed by atoms with van der Waals surface area (Å²) in [4.78, 5) is 63.7. The van der Waals surface area contributed by atoms with E-state index in [0.717, 1.165) is 0 Å². The van der Waals surface area contributed by atoms with Crippen LogP contribution in [0.25, 0.3) is 0 Å². The van der Waals surface area contributed by atoms with E-state index < -0.39 is 48.2 Å². The van der Waals surface area contributed by atoms with Crippen LogP contribution in [0.2, 0.25) is 0 Å². The zero-order chi connectivity index (χ0) is 25.3. The number of carbonyl (C=O) groups is 6. The van der Waals surface area contributed by atoms with E-state index in [-0.39, 0.29) is 50.2 Å². The van der Waals surface area contributed by atoms with Crippen molar-refractivity contribution in [3.8, 4) is 0 Å². The Hall–Kier alpha value is -3.70. The van der Waals surface area contributed by atoms with Gasteiger partial charge in [-0.3, -0.25) is 19.2 Å². The van der Waals surface area contributed by atoms with Crippen LogP contribution in [0.15, 0.2) is 24.3 Å². The van der Waals surface area contributed by atoms with Gasteiger partial charge >= 0.3 is 35.8 Å². The normalized spacial score (nSPS) is 10.4. The summed E-state index contributed by atoms with van der Waals surface area (Å²) >= 11 is 0. The quantitative estimate of drug-likeness (QED) is 0.145. The van der Waals surface area contributed by atoms with Gasteiger partial charge in [-0.15, -0.1) is 0 Å². The van der Waals surface area contributed by atoms with Gasteiger partial charge in [0.25, 0.3) is 0 Å². The summed E-state index contributed by atoms with van der Waals surface area (Å²) < 4.78 is 13.9. The SMILES string of the molecule is C=C(C)C(=O)OCCC(CC(=O)O)C(=O)O.C=C(C)C(=O)OCCOC(=O)CCC(=O)O. The Kier molecular flexibility index (Phi) is 16.2. The highest BCUT2D eigenvalue weighted by Crippen LogP contribution is 2.09. The number of rotatable bonds is 14. The minimum atomic E-state index is -1.21. The van der Waals surface area contributed by atoms with Gasteiger partial charge in [-0.25, -0.2) is 9.59 Å². The molecule has 0 aromatic heterocycles. The zero-order valence-corrected chi connectivity index (χ0v) is 18.0. The number of ether oxygens (including phenoxy) is 3. The Bertz CT molecular complexity index is 720. The molecule has 0 spiro atoms. The maximum Gasteiger partial charge on any atom is 0.333 e. The molecule has 0 aliphatic heterocycles. The molecule has 0 bridgehead atoms. The van der Waals surface area contributed by atoms with Crippen molar-refractivity contribution in [2.24, 2.45) is 5.92 Å². The fourth-order valence-corrected chi connectivity index (χ4v) is 1.63. The molecule has 180 valence electrons. The molecule has 1 atom stereocenters. The molecule has 0 radical (unpaired) electrons. The van der Waals surface area contributed by atoms with E-state index in [2.05, 4.69) is 27.4 Å². The maximum atomic E-state index is 10.9. The molecule has 0 rings (SSSR count). The standard InChI is InChI=1S/2C10H14O6/c1-7(2)10(14)16-6-5-15-9(13)4-3-8(11)12;1-6(2)10(15)16-4-3-7(9(13)14)5-8(11)12/h1,3-6H2,2H3,(H,11,12);7H,1,3-5H2,2H3,(H,11,12)(H,13,14). The number of hydrogen-bond donors (Lipinski definition) is 3. The first-order chi connectivity index (χ1) is 14.8. The van der Waals surface area contributed by atoms with Crippen LogP contribution < -0.4 is 0 Å². The summed E-state index contributed by atoms with van der Waals surface area (Å²) in [6, 6.07) is 0. The van der Waals surface area contributed by atoms with Gasteiger partial charge in [0.05, 0.1) is 31.8 Å². The van der Waals surface area contributed by atoms with Gasteiger partial charge < -0.3 is 29.5 Å². The number of carboxylic acids is 3. The average molecular weight is 460 g/mol. The Morgan fingerprint density at radius 1 is 0.719 bits per heavy atom. The molecule has 1 unspecified atom stereocenters. The first kappa shape index (κ1) is 30.5. The van der Waals surface area contributed by atoms with E-state index >= 15 is 0 Å². The molecule has 0 saturated carbocycles. The highest BCUT2D eigenvalue weighted by molar-refractivity contribution is 5.87. The molecule has 0 fully saturated rings. The van der Waals surface area contributed by atoms with Crippen LogP contribution in [0.5, 0.6) is 0 Å². The number of hydrogen-bond acceptors (Lipinski definition) is 9. The second-order valence-corrected chi connectivity index (χ2v) is 6.37. The smallest absolute Gasteiger partial charge is 0.333 e. The number of aliphatic carboxylic acids is 3. The van der Waals surface area contributed by atoms with Crippen LogP contribution in [0.4, 0.5) is 0 Å². The summed E-state index contributed by atoms with van der Waals surface area (Å²) in [5.41, 5.74) is 0.474. The molecule has 32 heavy (non-hydrogen) atoms. The van der Waals surface area contributed by atoms with E-state index in [1.54, 1.807) is 0 Å². The molecule has 0 saturated heterocycles. The predicted octanol–water partition coefficient (Wildman–Crippen LogP) is 1.19. The minimum Gasteiger partial charge on any atom is -0.481 e. The van der Waals surface area contributed by atoms with Gasteiger partial charge in [-0.2, -0.15) is 0 Å². The van der Waals surface area contributed by atoms with Gasteiger partial charge in [0, 0.05) is 11.1 Å². The average Bonchev–Trinajstić information content (AvgIpc) is 2.68.